The van der Waals surface area contributed by atoms with Gasteiger partial charge in [-0.1, -0.05) is 11.6 Å². The zero-order valence-electron chi connectivity index (χ0n) is 18.3. The van der Waals surface area contributed by atoms with Gasteiger partial charge in [0.2, 0.25) is 0 Å². The maximum absolute atomic E-state index is 6.35. The zero-order chi connectivity index (χ0) is 21.8. The average Bonchev–Trinajstić information content (AvgIpc) is 3.23. The number of hydrogen-bond acceptors (Lipinski definition) is 6. The summed E-state index contributed by atoms with van der Waals surface area (Å²) in [4.78, 5) is 9.77. The Labute approximate surface area is 188 Å². The number of aromatic nitrogens is 2. The molecule has 0 aliphatic carbocycles. The highest BCUT2D eigenvalue weighted by molar-refractivity contribution is 6.32. The molecule has 0 atom stereocenters. The lowest BCUT2D eigenvalue weighted by Gasteiger charge is -2.36. The van der Waals surface area contributed by atoms with E-state index in [2.05, 4.69) is 28.1 Å². The van der Waals surface area contributed by atoms with E-state index in [-0.39, 0.29) is 0 Å². The van der Waals surface area contributed by atoms with Crippen molar-refractivity contribution in [1.82, 2.24) is 14.3 Å². The number of piperazine rings is 1. The highest BCUT2D eigenvalue weighted by atomic mass is 35.5. The maximum atomic E-state index is 6.35. The van der Waals surface area contributed by atoms with E-state index in [1.807, 2.05) is 16.7 Å². The van der Waals surface area contributed by atoms with Crippen LogP contribution in [-0.2, 0) is 4.74 Å². The summed E-state index contributed by atoms with van der Waals surface area (Å²) in [5.74, 6) is 1.25. The van der Waals surface area contributed by atoms with Gasteiger partial charge in [-0.2, -0.15) is 0 Å². The van der Waals surface area contributed by atoms with Gasteiger partial charge >= 0.3 is 0 Å². The minimum absolute atomic E-state index is 0.527. The summed E-state index contributed by atoms with van der Waals surface area (Å²) in [5, 5.41) is 0.527. The van der Waals surface area contributed by atoms with E-state index >= 15 is 0 Å². The Morgan fingerprint density at radius 2 is 1.77 bits per heavy atom. The number of hydrogen-bond donors (Lipinski definition) is 0. The maximum Gasteiger partial charge on any atom is 0.141 e. The van der Waals surface area contributed by atoms with E-state index in [0.717, 1.165) is 62.7 Å². The van der Waals surface area contributed by atoms with Crippen LogP contribution in [0.25, 0.3) is 16.9 Å². The molecule has 1 saturated heterocycles. The Balaban J connectivity index is 1.53. The van der Waals surface area contributed by atoms with Gasteiger partial charge < -0.3 is 23.5 Å². The third kappa shape index (κ3) is 4.74. The molecule has 2 aromatic heterocycles. The van der Waals surface area contributed by atoms with Crippen molar-refractivity contribution in [2.45, 2.75) is 6.42 Å². The van der Waals surface area contributed by atoms with Crippen molar-refractivity contribution in [3.63, 3.8) is 0 Å². The van der Waals surface area contributed by atoms with Crippen LogP contribution in [0, 0.1) is 0 Å². The highest BCUT2D eigenvalue weighted by Gasteiger charge is 2.18. The Bertz CT molecular complexity index is 1030. The molecule has 166 valence electrons. The molecule has 0 spiro atoms. The van der Waals surface area contributed by atoms with Crippen molar-refractivity contribution >= 4 is 22.9 Å². The van der Waals surface area contributed by atoms with Crippen LogP contribution in [0.1, 0.15) is 6.42 Å². The summed E-state index contributed by atoms with van der Waals surface area (Å²) in [7, 11) is 4.98. The Morgan fingerprint density at radius 3 is 2.48 bits per heavy atom. The largest absolute Gasteiger partial charge is 0.496 e. The zero-order valence-corrected chi connectivity index (χ0v) is 19.1. The third-order valence-electron chi connectivity index (χ3n) is 5.75. The molecule has 1 fully saturated rings. The van der Waals surface area contributed by atoms with Crippen LogP contribution in [0.5, 0.6) is 11.5 Å². The van der Waals surface area contributed by atoms with Crippen molar-refractivity contribution in [1.29, 1.82) is 0 Å². The second-order valence-corrected chi connectivity index (χ2v) is 8.05. The van der Waals surface area contributed by atoms with Crippen LogP contribution in [0.4, 0.5) is 5.69 Å². The summed E-state index contributed by atoms with van der Waals surface area (Å²) in [6.45, 7) is 6.07. The number of fused-ring (bicyclic) bond motifs is 1. The van der Waals surface area contributed by atoms with Crippen molar-refractivity contribution in [2.24, 2.45) is 0 Å². The van der Waals surface area contributed by atoms with Crippen molar-refractivity contribution < 1.29 is 14.2 Å². The van der Waals surface area contributed by atoms with Gasteiger partial charge in [0.15, 0.2) is 0 Å². The summed E-state index contributed by atoms with van der Waals surface area (Å²) in [6.07, 6.45) is 5.13. The van der Waals surface area contributed by atoms with Crippen molar-refractivity contribution in [3.8, 4) is 22.8 Å². The van der Waals surface area contributed by atoms with Gasteiger partial charge in [0.25, 0.3) is 0 Å². The molecule has 31 heavy (non-hydrogen) atoms. The molecule has 0 radical (unpaired) electrons. The molecule has 0 saturated carbocycles. The molecule has 1 aromatic carbocycles. The van der Waals surface area contributed by atoms with Gasteiger partial charge in [0.05, 0.1) is 24.9 Å². The molecule has 1 aliphatic rings. The van der Waals surface area contributed by atoms with E-state index in [0.29, 0.717) is 16.5 Å². The summed E-state index contributed by atoms with van der Waals surface area (Å²) in [6, 6.07) is 7.92. The topological polar surface area (TPSA) is 51.5 Å². The fraction of sp³-hybridized carbons (Fsp3) is 0.435. The highest BCUT2D eigenvalue weighted by Crippen LogP contribution is 2.38. The van der Waals surface area contributed by atoms with Gasteiger partial charge in [-0.05, 0) is 18.6 Å². The SMILES string of the molecule is COCCCN1CCN(c2ccn3cc(-c4cc(Cl)c(OC)cc4OC)nc3c2)CC1. The van der Waals surface area contributed by atoms with E-state index in [1.54, 1.807) is 27.4 Å². The number of nitrogens with zero attached hydrogens (tertiary/aromatic N) is 4. The monoisotopic (exact) mass is 444 g/mol. The molecule has 3 heterocycles. The van der Waals surface area contributed by atoms with E-state index in [4.69, 9.17) is 30.8 Å². The smallest absolute Gasteiger partial charge is 0.141 e. The number of pyridine rings is 1. The van der Waals surface area contributed by atoms with Gasteiger partial charge in [0.1, 0.15) is 17.1 Å². The van der Waals surface area contributed by atoms with Crippen LogP contribution >= 0.6 is 11.6 Å². The van der Waals surface area contributed by atoms with Crippen LogP contribution in [0.3, 0.4) is 0 Å². The predicted molar refractivity (Wildman–Crippen MR) is 124 cm³/mol. The number of imidazole rings is 1. The first kappa shape index (κ1) is 21.7. The molecule has 8 heteroatoms. The van der Waals surface area contributed by atoms with E-state index in [1.165, 1.54) is 5.69 Å². The molecule has 7 nitrogen and oxygen atoms in total. The predicted octanol–water partition coefficient (Wildman–Crippen LogP) is 3.83. The number of rotatable bonds is 8. The lowest BCUT2D eigenvalue weighted by Crippen LogP contribution is -2.46. The third-order valence-corrected chi connectivity index (χ3v) is 6.05. The van der Waals surface area contributed by atoms with Gasteiger partial charge in [-0.25, -0.2) is 4.98 Å². The van der Waals surface area contributed by atoms with Gasteiger partial charge in [-0.3, -0.25) is 4.90 Å². The first-order valence-corrected chi connectivity index (χ1v) is 10.9. The molecule has 3 aromatic rings. The molecule has 0 amide bonds. The molecular weight excluding hydrogens is 416 g/mol. The van der Waals surface area contributed by atoms with Gasteiger partial charge in [0, 0.05) is 82.2 Å². The minimum atomic E-state index is 0.527. The van der Waals surface area contributed by atoms with Gasteiger partial charge in [-0.15, -0.1) is 0 Å². The first-order chi connectivity index (χ1) is 15.1. The molecule has 0 bridgehead atoms. The van der Waals surface area contributed by atoms with E-state index < -0.39 is 0 Å². The number of ether oxygens (including phenoxy) is 3. The Hall–Kier alpha value is -2.48. The fourth-order valence-electron chi connectivity index (χ4n) is 4.02. The Kier molecular flexibility index (Phi) is 6.85. The minimum Gasteiger partial charge on any atom is -0.496 e. The number of benzene rings is 1. The second kappa shape index (κ2) is 9.77. The van der Waals surface area contributed by atoms with Crippen LogP contribution in [0.2, 0.25) is 5.02 Å². The molecule has 1 aliphatic heterocycles. The summed E-state index contributed by atoms with van der Waals surface area (Å²) < 4.78 is 18.0. The quantitative estimate of drug-likeness (QED) is 0.492. The van der Waals surface area contributed by atoms with Crippen LogP contribution in [-0.4, -0.2) is 74.9 Å². The average molecular weight is 445 g/mol. The molecule has 0 unspecified atom stereocenters. The molecule has 0 N–H and O–H groups in total. The summed E-state index contributed by atoms with van der Waals surface area (Å²) in [5.41, 5.74) is 3.73. The number of methoxy groups -OCH3 is 3. The number of anilines is 1. The Morgan fingerprint density at radius 1 is 1.00 bits per heavy atom. The van der Waals surface area contributed by atoms with E-state index in [9.17, 15) is 0 Å². The second-order valence-electron chi connectivity index (χ2n) is 7.64. The van der Waals surface area contributed by atoms with Crippen LogP contribution < -0.4 is 14.4 Å². The number of halogens is 1. The first-order valence-electron chi connectivity index (χ1n) is 10.5. The summed E-state index contributed by atoms with van der Waals surface area (Å²) >= 11 is 6.35. The van der Waals surface area contributed by atoms with Crippen LogP contribution in [0.15, 0.2) is 36.7 Å². The molecule has 4 rings (SSSR count). The van der Waals surface area contributed by atoms with Crippen molar-refractivity contribution in [2.75, 3.05) is 65.6 Å². The standard InChI is InChI=1S/C23H29ClN4O3/c1-29-12-4-6-26-8-10-27(11-9-26)17-5-7-28-16-20(25-23(28)13-17)18-14-19(24)22(31-3)15-21(18)30-2/h5,7,13-16H,4,6,8-12H2,1-3H3. The normalized spacial score (nSPS) is 14.9. The fourth-order valence-corrected chi connectivity index (χ4v) is 4.26. The molecular formula is C23H29ClN4O3. The lowest BCUT2D eigenvalue weighted by molar-refractivity contribution is 0.169. The lowest BCUT2D eigenvalue weighted by atomic mass is 10.1. The van der Waals surface area contributed by atoms with Crippen molar-refractivity contribution in [3.05, 3.63) is 41.7 Å².